The third kappa shape index (κ3) is 9.15. The summed E-state index contributed by atoms with van der Waals surface area (Å²) in [6, 6.07) is 126. The first kappa shape index (κ1) is 54.2. The van der Waals surface area contributed by atoms with Gasteiger partial charge in [0, 0.05) is 106 Å². The molecule has 0 fully saturated rings. The highest BCUT2D eigenvalue weighted by Crippen LogP contribution is 2.45. The zero-order valence-corrected chi connectivity index (χ0v) is 51.1. The van der Waals surface area contributed by atoms with Gasteiger partial charge >= 0.3 is 0 Å². The lowest BCUT2D eigenvalue weighted by atomic mass is 10.1. The molecule has 0 atom stereocenters. The zero-order valence-electron chi connectivity index (χ0n) is 51.1. The Morgan fingerprint density at radius 3 is 0.926 bits per heavy atom. The summed E-state index contributed by atoms with van der Waals surface area (Å²) in [4.78, 5) is 18.4. The van der Waals surface area contributed by atoms with Gasteiger partial charge in [0.05, 0.1) is 38.6 Å². The summed E-state index contributed by atoms with van der Waals surface area (Å²) in [5.74, 6) is 1.40. The van der Waals surface area contributed by atoms with E-state index in [1.54, 1.807) is 0 Å². The van der Waals surface area contributed by atoms with Crippen LogP contribution in [0.2, 0.25) is 0 Å². The van der Waals surface area contributed by atoms with Gasteiger partial charge in [-0.2, -0.15) is 0 Å². The molecule has 0 spiro atoms. The molecule has 0 amide bonds. The van der Waals surface area contributed by atoms with Crippen LogP contribution in [0.15, 0.2) is 352 Å². The third-order valence-electron chi connectivity index (χ3n) is 18.3. The summed E-state index contributed by atoms with van der Waals surface area (Å²) in [7, 11) is 0. The molecule has 0 aliphatic heterocycles. The van der Waals surface area contributed by atoms with Crippen LogP contribution in [0.4, 0.5) is 51.2 Å². The first-order chi connectivity index (χ1) is 46.6. The summed E-state index contributed by atoms with van der Waals surface area (Å²) >= 11 is 0. The second kappa shape index (κ2) is 22.6. The molecule has 8 heteroatoms. The smallest absolute Gasteiger partial charge is 0.162 e. The van der Waals surface area contributed by atoms with E-state index in [4.69, 9.17) is 9.97 Å². The van der Waals surface area contributed by atoms with Crippen LogP contribution in [0.5, 0.6) is 0 Å². The maximum atomic E-state index is 5.85. The lowest BCUT2D eigenvalue weighted by molar-refractivity contribution is 1.07. The van der Waals surface area contributed by atoms with Crippen LogP contribution in [0, 0.1) is 0 Å². The van der Waals surface area contributed by atoms with Gasteiger partial charge in [-0.25, -0.2) is 9.97 Å². The van der Waals surface area contributed by atoms with E-state index < -0.39 is 0 Å². The fourth-order valence-corrected chi connectivity index (χ4v) is 14.2. The van der Waals surface area contributed by atoms with Crippen molar-refractivity contribution in [3.05, 3.63) is 352 Å². The summed E-state index contributed by atoms with van der Waals surface area (Å²) < 4.78 is 7.15. The van der Waals surface area contributed by atoms with Crippen molar-refractivity contribution in [3.8, 4) is 28.6 Å². The molecule has 442 valence electrons. The number of aromatic nitrogens is 5. The minimum Gasteiger partial charge on any atom is -0.310 e. The number of hydrogen-bond acceptors (Lipinski definition) is 5. The predicted octanol–water partition coefficient (Wildman–Crippen LogP) is 23.0. The van der Waals surface area contributed by atoms with Crippen LogP contribution in [0.3, 0.4) is 0 Å². The third-order valence-corrected chi connectivity index (χ3v) is 18.3. The molecule has 0 unspecified atom stereocenters. The number of benzene rings is 14. The first-order valence-corrected chi connectivity index (χ1v) is 31.9. The van der Waals surface area contributed by atoms with Crippen molar-refractivity contribution in [2.75, 3.05) is 14.7 Å². The van der Waals surface area contributed by atoms with Crippen molar-refractivity contribution in [1.82, 2.24) is 23.7 Å². The van der Waals surface area contributed by atoms with Gasteiger partial charge in [-0.05, 0) is 176 Å². The molecule has 4 heterocycles. The Morgan fingerprint density at radius 1 is 0.202 bits per heavy atom. The van der Waals surface area contributed by atoms with Crippen LogP contribution >= 0.6 is 0 Å². The molecule has 4 aromatic heterocycles. The highest BCUT2D eigenvalue weighted by atomic mass is 15.2. The number of hydrogen-bond donors (Lipinski definition) is 0. The Morgan fingerprint density at radius 2 is 0.532 bits per heavy atom. The second-order valence-electron chi connectivity index (χ2n) is 23.8. The molecule has 0 aliphatic carbocycles. The summed E-state index contributed by atoms with van der Waals surface area (Å²) in [6.07, 6.45) is 0. The van der Waals surface area contributed by atoms with Gasteiger partial charge in [0.2, 0.25) is 0 Å². The SMILES string of the molecule is c1ccc(N(c2ccccc2)c2ccc3c(c2)c2ccccc2n3-c2cccc(-c3nc(-n4c5ccccc5c5cc(N(c6ccccc6)c6ccccc6)ccc54)c4cc(-n5c6ccccc6c6cc(N(c7ccccc7)c7ccccc7)ccc65)ccc4n3)c2)cc1. The molecule has 0 saturated carbocycles. The largest absolute Gasteiger partial charge is 0.310 e. The lowest BCUT2D eigenvalue weighted by Crippen LogP contribution is -2.09. The molecular weight excluding hydrogens is 1150 g/mol. The quantitative estimate of drug-likeness (QED) is 0.115. The summed E-state index contributed by atoms with van der Waals surface area (Å²) in [5, 5.41) is 7.79. The van der Waals surface area contributed by atoms with Crippen LogP contribution < -0.4 is 14.7 Å². The molecule has 0 radical (unpaired) electrons. The molecule has 0 aliphatic rings. The maximum absolute atomic E-state index is 5.85. The van der Waals surface area contributed by atoms with E-state index in [1.165, 1.54) is 5.39 Å². The van der Waals surface area contributed by atoms with E-state index in [2.05, 4.69) is 380 Å². The van der Waals surface area contributed by atoms with E-state index in [0.717, 1.165) is 145 Å². The van der Waals surface area contributed by atoms with Gasteiger partial charge < -0.3 is 23.8 Å². The topological polar surface area (TPSA) is 50.3 Å². The van der Waals surface area contributed by atoms with Crippen molar-refractivity contribution in [1.29, 1.82) is 0 Å². The van der Waals surface area contributed by atoms with Crippen LogP contribution in [0.1, 0.15) is 0 Å². The molecule has 94 heavy (non-hydrogen) atoms. The average molecular weight is 1200 g/mol. The maximum Gasteiger partial charge on any atom is 0.162 e. The number of anilines is 9. The van der Waals surface area contributed by atoms with E-state index in [0.29, 0.717) is 5.82 Å². The minimum atomic E-state index is 0.620. The summed E-state index contributed by atoms with van der Waals surface area (Å²) in [6.45, 7) is 0. The number of rotatable bonds is 13. The standard InChI is InChI=1S/C86H58N8/c1-7-27-60(28-8-1)89(61-29-9-2-10-30-61)67-47-51-82-74(55-67)71-40-19-22-43-79(71)92(82)66-39-25-26-59(54-66)85-87-78-50-46-70(93-80-44-23-20-41-72(80)75-56-68(48-52-83(75)93)90(62-31-11-3-12-32-62)63-33-13-4-14-34-63)58-77(78)86(88-85)94-81-45-24-21-42-73(81)76-57-69(49-53-84(76)94)91(64-35-15-5-16-36-64)65-37-17-6-18-38-65/h1-58H. The highest BCUT2D eigenvalue weighted by Gasteiger charge is 2.24. The Balaban J connectivity index is 0.837. The van der Waals surface area contributed by atoms with Gasteiger partial charge in [-0.1, -0.05) is 176 Å². The van der Waals surface area contributed by atoms with Gasteiger partial charge in [-0.15, -0.1) is 0 Å². The number of para-hydroxylation sites is 9. The molecule has 18 aromatic rings. The Bertz CT molecular complexity index is 5750. The van der Waals surface area contributed by atoms with E-state index in [9.17, 15) is 0 Å². The molecule has 0 saturated heterocycles. The number of fused-ring (bicyclic) bond motifs is 10. The van der Waals surface area contributed by atoms with Crippen LogP contribution in [-0.4, -0.2) is 23.7 Å². The first-order valence-electron chi connectivity index (χ1n) is 31.9. The molecule has 0 N–H and O–H groups in total. The van der Waals surface area contributed by atoms with E-state index in [1.807, 2.05) is 0 Å². The van der Waals surface area contributed by atoms with E-state index in [-0.39, 0.29) is 0 Å². The highest BCUT2D eigenvalue weighted by molar-refractivity contribution is 6.14. The van der Waals surface area contributed by atoms with Crippen LogP contribution in [0.25, 0.3) is 105 Å². The number of nitrogens with zero attached hydrogens (tertiary/aromatic N) is 8. The predicted molar refractivity (Wildman–Crippen MR) is 392 cm³/mol. The zero-order chi connectivity index (χ0) is 62.1. The van der Waals surface area contributed by atoms with Gasteiger partial charge in [-0.3, -0.25) is 4.57 Å². The Kier molecular flexibility index (Phi) is 13.0. The van der Waals surface area contributed by atoms with Gasteiger partial charge in [0.15, 0.2) is 5.82 Å². The Labute approximate surface area is 543 Å². The molecule has 0 bridgehead atoms. The van der Waals surface area contributed by atoms with Gasteiger partial charge in [0.1, 0.15) is 5.82 Å². The molecule has 8 nitrogen and oxygen atoms in total. The van der Waals surface area contributed by atoms with Crippen molar-refractivity contribution >= 4 is 128 Å². The van der Waals surface area contributed by atoms with Crippen molar-refractivity contribution < 1.29 is 0 Å². The fourth-order valence-electron chi connectivity index (χ4n) is 14.2. The molecule has 14 aromatic carbocycles. The monoisotopic (exact) mass is 1200 g/mol. The van der Waals surface area contributed by atoms with Crippen LogP contribution in [-0.2, 0) is 0 Å². The minimum absolute atomic E-state index is 0.620. The normalized spacial score (nSPS) is 11.6. The lowest BCUT2D eigenvalue weighted by Gasteiger charge is -2.25. The molecular formula is C86H58N8. The van der Waals surface area contributed by atoms with Gasteiger partial charge in [0.25, 0.3) is 0 Å². The van der Waals surface area contributed by atoms with Crippen molar-refractivity contribution in [2.24, 2.45) is 0 Å². The second-order valence-corrected chi connectivity index (χ2v) is 23.8. The summed E-state index contributed by atoms with van der Waals surface area (Å²) in [5.41, 5.74) is 19.9. The Hall–Kier alpha value is -12.8. The van der Waals surface area contributed by atoms with Crippen molar-refractivity contribution in [2.45, 2.75) is 0 Å². The fraction of sp³-hybridized carbons (Fsp3) is 0. The van der Waals surface area contributed by atoms with E-state index >= 15 is 0 Å². The molecule has 18 rings (SSSR count). The van der Waals surface area contributed by atoms with Crippen molar-refractivity contribution in [3.63, 3.8) is 0 Å². The average Bonchev–Trinajstić information content (AvgIpc) is 1.56.